The maximum atomic E-state index is 13.4. The van der Waals surface area contributed by atoms with Gasteiger partial charge in [0.05, 0.1) is 0 Å². The van der Waals surface area contributed by atoms with Crippen molar-refractivity contribution in [3.8, 4) is 0 Å². The van der Waals surface area contributed by atoms with Gasteiger partial charge < -0.3 is 5.32 Å². The van der Waals surface area contributed by atoms with E-state index in [2.05, 4.69) is 10.3 Å². The quantitative estimate of drug-likeness (QED) is 0.643. The molecule has 0 unspecified atom stereocenters. The molecule has 2 nitrogen and oxygen atoms in total. The fraction of sp³-hybridized carbons (Fsp3) is 0. The highest BCUT2D eigenvalue weighted by Crippen LogP contribution is 2.29. The van der Waals surface area contributed by atoms with Crippen molar-refractivity contribution in [2.75, 3.05) is 5.32 Å². The zero-order chi connectivity index (χ0) is 14.2. The number of hydrogen-bond donors (Lipinski definition) is 1. The molecule has 0 saturated heterocycles. The third-order valence-corrected chi connectivity index (χ3v) is 2.57. The van der Waals surface area contributed by atoms with Crippen LogP contribution in [0.25, 0.3) is 0 Å². The molecule has 1 N–H and O–H groups in total. The topological polar surface area (TPSA) is 24.9 Å². The predicted molar refractivity (Wildman–Crippen MR) is 63.8 cm³/mol. The van der Waals surface area contributed by atoms with Crippen LogP contribution in [0.2, 0.25) is 10.0 Å². The zero-order valence-corrected chi connectivity index (χ0v) is 10.5. The van der Waals surface area contributed by atoms with E-state index in [9.17, 15) is 17.6 Å². The maximum Gasteiger partial charge on any atom is 0.253 e. The summed E-state index contributed by atoms with van der Waals surface area (Å²) in [7, 11) is 0. The standard InChI is InChI=1S/C11H4Cl2F4N2/c12-4-1-5(13)3-6(2-4)18-9-7(14)10(16)19-11(17)8(9)15/h1-3H,(H,18,19). The Morgan fingerprint density at radius 3 is 1.79 bits per heavy atom. The van der Waals surface area contributed by atoms with Gasteiger partial charge in [0.25, 0.3) is 11.9 Å². The van der Waals surface area contributed by atoms with E-state index < -0.39 is 29.2 Å². The molecule has 19 heavy (non-hydrogen) atoms. The van der Waals surface area contributed by atoms with Crippen LogP contribution < -0.4 is 5.32 Å². The number of hydrogen-bond acceptors (Lipinski definition) is 2. The summed E-state index contributed by atoms with van der Waals surface area (Å²) in [6.45, 7) is 0. The Kier molecular flexibility index (Phi) is 3.82. The molecule has 1 aromatic carbocycles. The van der Waals surface area contributed by atoms with Crippen molar-refractivity contribution in [3.63, 3.8) is 0 Å². The number of anilines is 2. The molecule has 0 bridgehead atoms. The van der Waals surface area contributed by atoms with Crippen molar-refractivity contribution in [1.82, 2.24) is 4.98 Å². The van der Waals surface area contributed by atoms with Crippen molar-refractivity contribution < 1.29 is 17.6 Å². The van der Waals surface area contributed by atoms with Crippen molar-refractivity contribution in [3.05, 3.63) is 51.8 Å². The summed E-state index contributed by atoms with van der Waals surface area (Å²) in [5.41, 5.74) is -0.941. The molecule has 2 aromatic rings. The lowest BCUT2D eigenvalue weighted by Gasteiger charge is -2.10. The summed E-state index contributed by atoms with van der Waals surface area (Å²) < 4.78 is 52.5. The van der Waals surface area contributed by atoms with E-state index in [1.165, 1.54) is 18.2 Å². The Hall–Kier alpha value is -1.53. The van der Waals surface area contributed by atoms with Crippen LogP contribution in [-0.2, 0) is 0 Å². The number of rotatable bonds is 2. The van der Waals surface area contributed by atoms with Gasteiger partial charge in [-0.05, 0) is 18.2 Å². The molecule has 0 aliphatic rings. The molecule has 0 spiro atoms. The van der Waals surface area contributed by atoms with Gasteiger partial charge in [0.1, 0.15) is 5.69 Å². The second kappa shape index (κ2) is 5.22. The highest BCUT2D eigenvalue weighted by atomic mass is 35.5. The average molecular weight is 311 g/mol. The third kappa shape index (κ3) is 2.90. The van der Waals surface area contributed by atoms with E-state index in [0.29, 0.717) is 0 Å². The van der Waals surface area contributed by atoms with E-state index in [1.54, 1.807) is 0 Å². The fourth-order valence-corrected chi connectivity index (χ4v) is 1.89. The minimum atomic E-state index is -1.76. The Morgan fingerprint density at radius 1 is 0.842 bits per heavy atom. The molecule has 0 aliphatic carbocycles. The van der Waals surface area contributed by atoms with Crippen molar-refractivity contribution >= 4 is 34.6 Å². The summed E-state index contributed by atoms with van der Waals surface area (Å²) in [5.74, 6) is -6.80. The van der Waals surface area contributed by atoms with Gasteiger partial charge in [-0.25, -0.2) is 0 Å². The lowest BCUT2D eigenvalue weighted by molar-refractivity contribution is 0.411. The van der Waals surface area contributed by atoms with Gasteiger partial charge in [-0.15, -0.1) is 0 Å². The van der Waals surface area contributed by atoms with Crippen LogP contribution in [0.15, 0.2) is 18.2 Å². The molecule has 8 heteroatoms. The molecule has 1 heterocycles. The molecular weight excluding hydrogens is 307 g/mol. The van der Waals surface area contributed by atoms with Crippen LogP contribution in [0, 0.1) is 23.5 Å². The minimum Gasteiger partial charge on any atom is -0.350 e. The number of nitrogens with one attached hydrogen (secondary N) is 1. The molecule has 0 saturated carbocycles. The molecule has 0 amide bonds. The Morgan fingerprint density at radius 2 is 1.32 bits per heavy atom. The van der Waals surface area contributed by atoms with Crippen LogP contribution in [0.4, 0.5) is 28.9 Å². The maximum absolute atomic E-state index is 13.4. The summed E-state index contributed by atoms with van der Waals surface area (Å²) in [6, 6.07) is 3.94. The number of halogens is 6. The van der Waals surface area contributed by atoms with Gasteiger partial charge in [-0.2, -0.15) is 22.5 Å². The highest BCUT2D eigenvalue weighted by molar-refractivity contribution is 6.35. The average Bonchev–Trinajstić information content (AvgIpc) is 2.31. The van der Waals surface area contributed by atoms with E-state index in [0.717, 1.165) is 0 Å². The SMILES string of the molecule is Fc1nc(F)c(F)c(Nc2cc(Cl)cc(Cl)c2)c1F. The van der Waals surface area contributed by atoms with Crippen LogP contribution in [0.3, 0.4) is 0 Å². The summed E-state index contributed by atoms with van der Waals surface area (Å²) in [5, 5.41) is 2.54. The van der Waals surface area contributed by atoms with Gasteiger partial charge >= 0.3 is 0 Å². The van der Waals surface area contributed by atoms with E-state index in [1.807, 2.05) is 0 Å². The molecular formula is C11H4Cl2F4N2. The molecule has 0 aliphatic heterocycles. The molecule has 0 radical (unpaired) electrons. The third-order valence-electron chi connectivity index (χ3n) is 2.13. The zero-order valence-electron chi connectivity index (χ0n) is 8.95. The number of benzene rings is 1. The van der Waals surface area contributed by atoms with Crippen LogP contribution >= 0.6 is 23.2 Å². The van der Waals surface area contributed by atoms with Crippen molar-refractivity contribution in [2.45, 2.75) is 0 Å². The van der Waals surface area contributed by atoms with Crippen LogP contribution in [0.5, 0.6) is 0 Å². The first-order valence-electron chi connectivity index (χ1n) is 4.81. The monoisotopic (exact) mass is 310 g/mol. The van der Waals surface area contributed by atoms with Gasteiger partial charge in [0, 0.05) is 15.7 Å². The molecule has 100 valence electrons. The Bertz CT molecular complexity index is 603. The highest BCUT2D eigenvalue weighted by Gasteiger charge is 2.20. The molecule has 2 rings (SSSR count). The number of pyridine rings is 1. The largest absolute Gasteiger partial charge is 0.350 e. The second-order valence-corrected chi connectivity index (χ2v) is 4.35. The normalized spacial score (nSPS) is 10.6. The Labute approximate surface area is 115 Å². The van der Waals surface area contributed by atoms with Crippen molar-refractivity contribution in [1.29, 1.82) is 0 Å². The van der Waals surface area contributed by atoms with E-state index >= 15 is 0 Å². The van der Waals surface area contributed by atoms with Gasteiger partial charge in [0.15, 0.2) is 0 Å². The summed E-state index contributed by atoms with van der Waals surface area (Å²) >= 11 is 11.4. The van der Waals surface area contributed by atoms with E-state index in [-0.39, 0.29) is 15.7 Å². The lowest BCUT2D eigenvalue weighted by atomic mass is 10.3. The van der Waals surface area contributed by atoms with E-state index in [4.69, 9.17) is 23.2 Å². The minimum absolute atomic E-state index is 0.0697. The molecule has 0 atom stereocenters. The molecule has 1 aromatic heterocycles. The Balaban J connectivity index is 2.49. The number of aromatic nitrogens is 1. The smallest absolute Gasteiger partial charge is 0.253 e. The first-order valence-corrected chi connectivity index (χ1v) is 5.57. The van der Waals surface area contributed by atoms with Crippen LogP contribution in [0.1, 0.15) is 0 Å². The van der Waals surface area contributed by atoms with Crippen molar-refractivity contribution in [2.24, 2.45) is 0 Å². The molecule has 0 fully saturated rings. The van der Waals surface area contributed by atoms with Gasteiger partial charge in [-0.1, -0.05) is 23.2 Å². The second-order valence-electron chi connectivity index (χ2n) is 3.48. The first kappa shape index (κ1) is 13.9. The van der Waals surface area contributed by atoms with Gasteiger partial charge in [-0.3, -0.25) is 0 Å². The van der Waals surface area contributed by atoms with Crippen LogP contribution in [-0.4, -0.2) is 4.98 Å². The first-order chi connectivity index (χ1) is 8.88. The summed E-state index contributed by atoms with van der Waals surface area (Å²) in [4.78, 5) is 2.43. The lowest BCUT2D eigenvalue weighted by Crippen LogP contribution is -2.06. The number of nitrogens with zero attached hydrogens (tertiary/aromatic N) is 1. The van der Waals surface area contributed by atoms with Gasteiger partial charge in [0.2, 0.25) is 11.6 Å². The summed E-state index contributed by atoms with van der Waals surface area (Å²) in [6.07, 6.45) is 0. The fourth-order valence-electron chi connectivity index (χ4n) is 1.37. The predicted octanol–water partition coefficient (Wildman–Crippen LogP) is 4.69.